The Morgan fingerprint density at radius 2 is 1.96 bits per heavy atom. The van der Waals surface area contributed by atoms with Crippen LogP contribution < -0.4 is 5.32 Å². The zero-order chi connectivity index (χ0) is 18.2. The molecule has 2 unspecified atom stereocenters. The molecule has 0 radical (unpaired) electrons. The first-order valence-corrected chi connectivity index (χ1v) is 9.79. The molecule has 5 heteroatoms. The third-order valence-electron chi connectivity index (χ3n) is 5.86. The molecule has 1 N–H and O–H groups in total. The van der Waals surface area contributed by atoms with Crippen LogP contribution in [0.2, 0.25) is 0 Å². The fourth-order valence-corrected chi connectivity index (χ4v) is 4.54. The molecule has 1 aliphatic carbocycles. The number of nitrogens with one attached hydrogen (secondary N) is 1. The lowest BCUT2D eigenvalue weighted by Gasteiger charge is -2.44. The summed E-state index contributed by atoms with van der Waals surface area (Å²) in [6, 6.07) is 15.0. The van der Waals surface area contributed by atoms with E-state index in [2.05, 4.69) is 27.3 Å². The lowest BCUT2D eigenvalue weighted by molar-refractivity contribution is -0.130. The summed E-state index contributed by atoms with van der Waals surface area (Å²) in [7, 11) is 0. The fraction of sp³-hybridized carbons (Fsp3) is 0.364. The van der Waals surface area contributed by atoms with Crippen LogP contribution in [0.3, 0.4) is 0 Å². The van der Waals surface area contributed by atoms with Gasteiger partial charge in [0.1, 0.15) is 0 Å². The van der Waals surface area contributed by atoms with Gasteiger partial charge in [-0.1, -0.05) is 49.2 Å². The molecule has 2 fully saturated rings. The minimum atomic E-state index is -0.358. The fourth-order valence-electron chi connectivity index (χ4n) is 4.54. The van der Waals surface area contributed by atoms with Gasteiger partial charge in [-0.3, -0.25) is 0 Å². The van der Waals surface area contributed by atoms with Crippen molar-refractivity contribution in [3.05, 3.63) is 59.9 Å². The molecule has 3 aliphatic rings. The quantitative estimate of drug-likeness (QED) is 0.659. The molecule has 1 saturated carbocycles. The minimum Gasteiger partial charge on any atom is -0.402 e. The Kier molecular flexibility index (Phi) is 4.17. The summed E-state index contributed by atoms with van der Waals surface area (Å²) in [5.41, 5.74) is 1.27. The molecule has 138 valence electrons. The molecule has 2 aliphatic heterocycles. The second-order valence-corrected chi connectivity index (χ2v) is 7.50. The number of hydrogen-bond acceptors (Lipinski definition) is 5. The predicted molar refractivity (Wildman–Crippen MR) is 105 cm³/mol. The average Bonchev–Trinajstić information content (AvgIpc) is 3.08. The van der Waals surface area contributed by atoms with Crippen LogP contribution in [0.5, 0.6) is 0 Å². The number of aliphatic imine (C=N–C) groups is 1. The second-order valence-electron chi connectivity index (χ2n) is 7.50. The number of carbonyl (C=O) groups excluding carboxylic acids is 1. The molecule has 0 bridgehead atoms. The Morgan fingerprint density at radius 1 is 1.11 bits per heavy atom. The Labute approximate surface area is 158 Å². The molecule has 27 heavy (non-hydrogen) atoms. The van der Waals surface area contributed by atoms with E-state index in [4.69, 9.17) is 4.74 Å². The number of carbonyl (C=O) groups is 1. The van der Waals surface area contributed by atoms with E-state index in [1.165, 1.54) is 19.3 Å². The molecule has 2 aromatic carbocycles. The zero-order valence-electron chi connectivity index (χ0n) is 15.2. The van der Waals surface area contributed by atoms with Crippen LogP contribution in [0.4, 0.5) is 0 Å². The van der Waals surface area contributed by atoms with Crippen LogP contribution >= 0.6 is 0 Å². The number of ether oxygens (including phenoxy) is 1. The average molecular weight is 361 g/mol. The standard InChI is InChI=1S/C22H23N3O2/c26-22-19(14-25-13-12-23-18-10-3-4-11-20(18)25)24-21(27-22)17-9-5-7-15-6-1-2-8-16(15)17/h1-2,5-9,14,18,20,23H,3-4,10-13H2. The van der Waals surface area contributed by atoms with Crippen molar-refractivity contribution in [2.75, 3.05) is 13.1 Å². The lowest BCUT2D eigenvalue weighted by atomic mass is 9.88. The van der Waals surface area contributed by atoms with Gasteiger partial charge in [-0.2, -0.15) is 0 Å². The predicted octanol–water partition coefficient (Wildman–Crippen LogP) is 3.20. The topological polar surface area (TPSA) is 53.9 Å². The van der Waals surface area contributed by atoms with Gasteiger partial charge in [-0.05, 0) is 29.7 Å². The van der Waals surface area contributed by atoms with E-state index >= 15 is 0 Å². The van der Waals surface area contributed by atoms with E-state index < -0.39 is 0 Å². The summed E-state index contributed by atoms with van der Waals surface area (Å²) in [6.07, 6.45) is 6.82. The number of benzene rings is 2. The molecule has 5 rings (SSSR count). The summed E-state index contributed by atoms with van der Waals surface area (Å²) in [5.74, 6) is 0.0437. The third kappa shape index (κ3) is 3.02. The van der Waals surface area contributed by atoms with Crippen molar-refractivity contribution in [1.82, 2.24) is 10.2 Å². The van der Waals surface area contributed by atoms with Crippen molar-refractivity contribution < 1.29 is 9.53 Å². The lowest BCUT2D eigenvalue weighted by Crippen LogP contribution is -2.57. The van der Waals surface area contributed by atoms with Gasteiger partial charge in [0.2, 0.25) is 5.90 Å². The van der Waals surface area contributed by atoms with Crippen molar-refractivity contribution in [2.24, 2.45) is 4.99 Å². The maximum absolute atomic E-state index is 12.5. The number of rotatable bonds is 2. The zero-order valence-corrected chi connectivity index (χ0v) is 15.2. The summed E-state index contributed by atoms with van der Waals surface area (Å²) in [5, 5.41) is 5.77. The van der Waals surface area contributed by atoms with E-state index in [-0.39, 0.29) is 5.97 Å². The number of nitrogens with zero attached hydrogens (tertiary/aromatic N) is 2. The van der Waals surface area contributed by atoms with E-state index in [1.807, 2.05) is 36.5 Å². The van der Waals surface area contributed by atoms with E-state index in [0.29, 0.717) is 23.7 Å². The van der Waals surface area contributed by atoms with Gasteiger partial charge in [0, 0.05) is 36.9 Å². The molecule has 2 aromatic rings. The van der Waals surface area contributed by atoms with E-state index in [9.17, 15) is 4.79 Å². The largest absolute Gasteiger partial charge is 0.402 e. The van der Waals surface area contributed by atoms with Crippen molar-refractivity contribution in [3.8, 4) is 0 Å². The Morgan fingerprint density at radius 3 is 2.93 bits per heavy atom. The highest BCUT2D eigenvalue weighted by atomic mass is 16.6. The van der Waals surface area contributed by atoms with Crippen LogP contribution in [-0.4, -0.2) is 41.9 Å². The Balaban J connectivity index is 1.48. The summed E-state index contributed by atoms with van der Waals surface area (Å²) >= 11 is 0. The Hall–Kier alpha value is -2.66. The van der Waals surface area contributed by atoms with Crippen LogP contribution in [0.15, 0.2) is 59.4 Å². The van der Waals surface area contributed by atoms with Crippen LogP contribution in [0, 0.1) is 0 Å². The normalized spacial score (nSPS) is 26.8. The molecular formula is C22H23N3O2. The monoisotopic (exact) mass is 361 g/mol. The van der Waals surface area contributed by atoms with E-state index in [0.717, 1.165) is 35.8 Å². The second kappa shape index (κ2) is 6.82. The van der Waals surface area contributed by atoms with Crippen LogP contribution in [-0.2, 0) is 9.53 Å². The number of hydrogen-bond donors (Lipinski definition) is 1. The van der Waals surface area contributed by atoms with Gasteiger partial charge in [-0.15, -0.1) is 0 Å². The van der Waals surface area contributed by atoms with Gasteiger partial charge >= 0.3 is 5.97 Å². The molecular weight excluding hydrogens is 338 g/mol. The minimum absolute atomic E-state index is 0.358. The SMILES string of the molecule is O=C1OC(c2cccc3ccccc23)=NC1=CN1CCNC2CCCCC21. The summed E-state index contributed by atoms with van der Waals surface area (Å²) in [6.45, 7) is 1.84. The highest BCUT2D eigenvalue weighted by Crippen LogP contribution is 2.28. The molecule has 1 saturated heterocycles. The van der Waals surface area contributed by atoms with Crippen molar-refractivity contribution in [2.45, 2.75) is 37.8 Å². The molecule has 5 nitrogen and oxygen atoms in total. The van der Waals surface area contributed by atoms with Crippen molar-refractivity contribution >= 4 is 22.6 Å². The molecule has 2 atom stereocenters. The number of piperazine rings is 1. The van der Waals surface area contributed by atoms with Gasteiger partial charge < -0.3 is 15.0 Å². The van der Waals surface area contributed by atoms with Crippen molar-refractivity contribution in [3.63, 3.8) is 0 Å². The summed E-state index contributed by atoms with van der Waals surface area (Å²) < 4.78 is 5.55. The van der Waals surface area contributed by atoms with Gasteiger partial charge in [-0.25, -0.2) is 9.79 Å². The first-order valence-electron chi connectivity index (χ1n) is 9.79. The highest BCUT2D eigenvalue weighted by Gasteiger charge is 2.33. The van der Waals surface area contributed by atoms with Crippen LogP contribution in [0.25, 0.3) is 10.8 Å². The first kappa shape index (κ1) is 16.5. The van der Waals surface area contributed by atoms with Gasteiger partial charge in [0.15, 0.2) is 5.70 Å². The van der Waals surface area contributed by atoms with E-state index in [1.54, 1.807) is 0 Å². The molecule has 2 heterocycles. The summed E-state index contributed by atoms with van der Waals surface area (Å²) in [4.78, 5) is 19.3. The van der Waals surface area contributed by atoms with Crippen molar-refractivity contribution in [1.29, 1.82) is 0 Å². The third-order valence-corrected chi connectivity index (χ3v) is 5.86. The molecule has 0 spiro atoms. The Bertz CT molecular complexity index is 942. The van der Waals surface area contributed by atoms with Gasteiger partial charge in [0.05, 0.1) is 0 Å². The number of esters is 1. The molecule has 0 aromatic heterocycles. The number of fused-ring (bicyclic) bond motifs is 2. The first-order chi connectivity index (χ1) is 13.3. The highest BCUT2D eigenvalue weighted by molar-refractivity contribution is 6.16. The smallest absolute Gasteiger partial charge is 0.365 e. The van der Waals surface area contributed by atoms with Gasteiger partial charge in [0.25, 0.3) is 0 Å². The maximum atomic E-state index is 12.5. The maximum Gasteiger partial charge on any atom is 0.365 e. The number of cyclic esters (lactones) is 1. The molecule has 0 amide bonds. The van der Waals surface area contributed by atoms with Crippen LogP contribution in [0.1, 0.15) is 31.2 Å².